The molecule has 0 aliphatic carbocycles. The maximum Gasteiger partial charge on any atom is 0.416 e. The second-order valence-electron chi connectivity index (χ2n) is 6.79. The third-order valence-electron chi connectivity index (χ3n) is 3.99. The van der Waals surface area contributed by atoms with E-state index in [0.717, 1.165) is 23.5 Å². The summed E-state index contributed by atoms with van der Waals surface area (Å²) in [6, 6.07) is 5.03. The lowest BCUT2D eigenvalue weighted by Crippen LogP contribution is -2.08. The van der Waals surface area contributed by atoms with Crippen LogP contribution in [0.4, 0.5) is 22.0 Å². The monoisotopic (exact) mass is 522 g/mol. The second-order valence-corrected chi connectivity index (χ2v) is 7.79. The number of allylic oxidation sites excluding steroid dienone is 4. The van der Waals surface area contributed by atoms with Crippen LogP contribution in [0.3, 0.4) is 0 Å². The molecular formula is C24H28ClF5N2OS. The number of aromatic nitrogens is 1. The number of carbonyl (C=O) groups is 1. The number of hydrogen-bond donors (Lipinski definition) is 1. The van der Waals surface area contributed by atoms with Gasteiger partial charge in [0.1, 0.15) is 17.4 Å². The number of halogens is 6. The second kappa shape index (κ2) is 14.7. The number of ketones is 1. The number of rotatable bonds is 6. The van der Waals surface area contributed by atoms with Gasteiger partial charge in [-0.25, -0.2) is 13.8 Å². The van der Waals surface area contributed by atoms with E-state index in [1.54, 1.807) is 26.8 Å². The number of thiazole rings is 1. The third kappa shape index (κ3) is 9.77. The predicted octanol–water partition coefficient (Wildman–Crippen LogP) is 8.42. The Kier molecular flexibility index (Phi) is 13.6. The molecule has 1 heterocycles. The zero-order valence-electron chi connectivity index (χ0n) is 19.8. The van der Waals surface area contributed by atoms with E-state index in [1.165, 1.54) is 32.5 Å². The van der Waals surface area contributed by atoms with Crippen molar-refractivity contribution >= 4 is 28.7 Å². The fraction of sp³-hybridized carbons (Fsp3) is 0.333. The molecule has 0 unspecified atom stereocenters. The lowest BCUT2D eigenvalue weighted by Gasteiger charge is -2.07. The number of alkyl halides is 4. The largest absolute Gasteiger partial charge is 0.416 e. The van der Waals surface area contributed by atoms with E-state index in [0.29, 0.717) is 26.7 Å². The maximum atomic E-state index is 13.2. The van der Waals surface area contributed by atoms with Crippen molar-refractivity contribution in [3.63, 3.8) is 0 Å². The fourth-order valence-corrected chi connectivity index (χ4v) is 3.46. The van der Waals surface area contributed by atoms with Crippen LogP contribution in [-0.4, -0.2) is 24.2 Å². The van der Waals surface area contributed by atoms with Crippen molar-refractivity contribution in [2.24, 2.45) is 0 Å². The van der Waals surface area contributed by atoms with Crippen LogP contribution in [0.5, 0.6) is 0 Å². The maximum absolute atomic E-state index is 13.2. The highest BCUT2D eigenvalue weighted by Gasteiger charge is 2.30. The van der Waals surface area contributed by atoms with Crippen molar-refractivity contribution < 1.29 is 26.7 Å². The van der Waals surface area contributed by atoms with Gasteiger partial charge in [-0.05, 0) is 44.0 Å². The number of benzene rings is 1. The van der Waals surface area contributed by atoms with Gasteiger partial charge in [0.05, 0.1) is 16.1 Å². The minimum Gasteiger partial charge on any atom is -0.384 e. The Labute approximate surface area is 206 Å². The van der Waals surface area contributed by atoms with Gasteiger partial charge in [0.25, 0.3) is 0 Å². The molecule has 0 aliphatic rings. The normalized spacial score (nSPS) is 11.9. The SMILES string of the molecule is C=C(C)/C=C(F)\C(NC)=C(\F)CC.CC(=O)c1nc(C)c(-c2cccc(C(F)(F)F)c2)s1.CCl. The molecule has 0 saturated heterocycles. The van der Waals surface area contributed by atoms with E-state index in [4.69, 9.17) is 0 Å². The highest BCUT2D eigenvalue weighted by Crippen LogP contribution is 2.35. The van der Waals surface area contributed by atoms with Crippen molar-refractivity contribution in [2.75, 3.05) is 13.4 Å². The lowest BCUT2D eigenvalue weighted by molar-refractivity contribution is -0.137. The summed E-state index contributed by atoms with van der Waals surface area (Å²) in [4.78, 5) is 15.9. The van der Waals surface area contributed by atoms with Crippen LogP contribution in [0.2, 0.25) is 0 Å². The van der Waals surface area contributed by atoms with E-state index < -0.39 is 23.4 Å². The summed E-state index contributed by atoms with van der Waals surface area (Å²) in [5.41, 5.74) is 0.744. The number of carbonyl (C=O) groups excluding carboxylic acids is 1. The first-order chi connectivity index (χ1) is 15.8. The molecule has 34 heavy (non-hydrogen) atoms. The smallest absolute Gasteiger partial charge is 0.384 e. The van der Waals surface area contributed by atoms with E-state index in [-0.39, 0.29) is 17.9 Å². The van der Waals surface area contributed by atoms with Gasteiger partial charge < -0.3 is 5.32 Å². The summed E-state index contributed by atoms with van der Waals surface area (Å²) in [6.07, 6.45) is -1.54. The predicted molar refractivity (Wildman–Crippen MR) is 131 cm³/mol. The number of aryl methyl sites for hydroxylation is 1. The number of likely N-dealkylation sites (N-methyl/N-ethyl adjacent to an activating group) is 1. The van der Waals surface area contributed by atoms with E-state index in [1.807, 2.05) is 0 Å². The number of nitrogens with zero attached hydrogens (tertiary/aromatic N) is 1. The Balaban J connectivity index is 0.000000639. The Bertz CT molecular complexity index is 1040. The third-order valence-corrected chi connectivity index (χ3v) is 5.30. The number of nitrogens with one attached hydrogen (secondary N) is 1. The topological polar surface area (TPSA) is 42.0 Å². The van der Waals surface area contributed by atoms with Crippen LogP contribution in [-0.2, 0) is 6.18 Å². The van der Waals surface area contributed by atoms with Crippen molar-refractivity contribution in [1.29, 1.82) is 0 Å². The number of hydrogen-bond acceptors (Lipinski definition) is 4. The summed E-state index contributed by atoms with van der Waals surface area (Å²) >= 11 is 5.75. The first kappa shape index (κ1) is 31.5. The van der Waals surface area contributed by atoms with Gasteiger partial charge in [-0.1, -0.05) is 31.2 Å². The van der Waals surface area contributed by atoms with Crippen LogP contribution in [0.25, 0.3) is 10.4 Å². The molecule has 1 aromatic heterocycles. The Morgan fingerprint density at radius 2 is 1.82 bits per heavy atom. The fourth-order valence-electron chi connectivity index (χ4n) is 2.50. The molecule has 0 atom stereocenters. The molecule has 0 amide bonds. The Morgan fingerprint density at radius 3 is 2.24 bits per heavy atom. The minimum atomic E-state index is -4.38. The van der Waals surface area contributed by atoms with Gasteiger partial charge in [-0.15, -0.1) is 22.9 Å². The molecule has 0 bridgehead atoms. The number of Topliss-reactive ketones (excluding diaryl/α,β-unsaturated/α-hetero) is 1. The van der Waals surface area contributed by atoms with Gasteiger partial charge in [0.2, 0.25) is 0 Å². The molecule has 3 nitrogen and oxygen atoms in total. The van der Waals surface area contributed by atoms with Crippen molar-refractivity contribution in [2.45, 2.75) is 40.3 Å². The molecule has 0 saturated carbocycles. The minimum absolute atomic E-state index is 0.0921. The zero-order valence-corrected chi connectivity index (χ0v) is 21.4. The van der Waals surface area contributed by atoms with Gasteiger partial charge in [0.15, 0.2) is 10.8 Å². The van der Waals surface area contributed by atoms with Crippen LogP contribution in [0, 0.1) is 6.92 Å². The first-order valence-corrected chi connectivity index (χ1v) is 11.5. The van der Waals surface area contributed by atoms with Crippen molar-refractivity contribution in [1.82, 2.24) is 10.3 Å². The van der Waals surface area contributed by atoms with Gasteiger partial charge >= 0.3 is 6.18 Å². The van der Waals surface area contributed by atoms with Crippen LogP contribution in [0.1, 0.15) is 48.3 Å². The van der Waals surface area contributed by atoms with Gasteiger partial charge in [-0.3, -0.25) is 4.79 Å². The quantitative estimate of drug-likeness (QED) is 0.179. The summed E-state index contributed by atoms with van der Waals surface area (Å²) in [5.74, 6) is -1.29. The molecule has 10 heteroatoms. The van der Waals surface area contributed by atoms with Crippen LogP contribution < -0.4 is 5.32 Å². The molecule has 2 aromatic rings. The average molecular weight is 523 g/mol. The Morgan fingerprint density at radius 1 is 1.24 bits per heavy atom. The summed E-state index contributed by atoms with van der Waals surface area (Å²) < 4.78 is 64.2. The van der Waals surface area contributed by atoms with E-state index in [9.17, 15) is 26.7 Å². The molecule has 0 aliphatic heterocycles. The molecule has 2 rings (SSSR count). The first-order valence-electron chi connectivity index (χ1n) is 9.95. The molecule has 0 radical (unpaired) electrons. The molecule has 1 N–H and O–H groups in total. The molecule has 1 aromatic carbocycles. The molecule has 0 spiro atoms. The highest BCUT2D eigenvalue weighted by molar-refractivity contribution is 7.17. The molecular weight excluding hydrogens is 495 g/mol. The summed E-state index contributed by atoms with van der Waals surface area (Å²) in [6.45, 7) is 9.85. The molecule has 188 valence electrons. The Hall–Kier alpha value is -2.52. The lowest BCUT2D eigenvalue weighted by atomic mass is 10.1. The molecule has 0 fully saturated rings. The van der Waals surface area contributed by atoms with E-state index >= 15 is 0 Å². The van der Waals surface area contributed by atoms with Crippen LogP contribution >= 0.6 is 22.9 Å². The van der Waals surface area contributed by atoms with Gasteiger partial charge in [0, 0.05) is 20.4 Å². The van der Waals surface area contributed by atoms with Crippen molar-refractivity contribution in [3.05, 3.63) is 76.1 Å². The standard InChI is InChI=1S/C13H10F3NOS.C10H15F2N.CH3Cl/c1-7-11(19-12(17-7)8(2)18)9-4-3-5-10(6-9)13(14,15)16;1-5-8(11)10(13-4)9(12)6-7(2)3;1-2/h3-6H,1-2H3;6,13H,2,5H2,1,3-4H3;1H3/b;9-6+,10-8-;. The van der Waals surface area contributed by atoms with Crippen molar-refractivity contribution in [3.8, 4) is 10.4 Å². The van der Waals surface area contributed by atoms with Gasteiger partial charge in [-0.2, -0.15) is 13.2 Å². The summed E-state index contributed by atoms with van der Waals surface area (Å²) in [7, 11) is 1.48. The van der Waals surface area contributed by atoms with Crippen LogP contribution in [0.15, 0.2) is 59.8 Å². The highest BCUT2D eigenvalue weighted by atomic mass is 35.5. The average Bonchev–Trinajstić information content (AvgIpc) is 3.17. The van der Waals surface area contributed by atoms with E-state index in [2.05, 4.69) is 28.5 Å². The zero-order chi connectivity index (χ0) is 26.6. The summed E-state index contributed by atoms with van der Waals surface area (Å²) in [5, 5.41) is 2.79.